The van der Waals surface area contributed by atoms with Crippen LogP contribution in [0.3, 0.4) is 0 Å². The monoisotopic (exact) mass is 759 g/mol. The van der Waals surface area contributed by atoms with Crippen LogP contribution < -0.4 is 0 Å². The zero-order chi connectivity index (χ0) is 39.3. The van der Waals surface area contributed by atoms with Crippen LogP contribution in [0, 0.1) is 0 Å². The molecular formula is C49H90O5. The average Bonchev–Trinajstić information content (AvgIpc) is 3.17. The Morgan fingerprint density at radius 2 is 0.778 bits per heavy atom. The van der Waals surface area contributed by atoms with Gasteiger partial charge in [-0.25, -0.2) is 0 Å². The fourth-order valence-electron chi connectivity index (χ4n) is 6.59. The SMILES string of the molecule is CCCCC/C=C\C/C=C\CCCCCCCC(=O)OCC(COCCCCCCCCCCCC)OC(=O)CCCCCCC/C=C\CCCCCC. The van der Waals surface area contributed by atoms with E-state index in [-0.39, 0.29) is 25.2 Å². The van der Waals surface area contributed by atoms with Gasteiger partial charge in [-0.15, -0.1) is 0 Å². The highest BCUT2D eigenvalue weighted by Gasteiger charge is 2.17. The first-order chi connectivity index (χ1) is 26.6. The molecule has 0 aromatic heterocycles. The van der Waals surface area contributed by atoms with Crippen molar-refractivity contribution >= 4 is 11.9 Å². The van der Waals surface area contributed by atoms with E-state index in [0.29, 0.717) is 19.4 Å². The van der Waals surface area contributed by atoms with Gasteiger partial charge in [-0.3, -0.25) is 9.59 Å². The summed E-state index contributed by atoms with van der Waals surface area (Å²) >= 11 is 0. The summed E-state index contributed by atoms with van der Waals surface area (Å²) in [5.41, 5.74) is 0. The third-order valence-corrected chi connectivity index (χ3v) is 10.1. The van der Waals surface area contributed by atoms with Crippen molar-refractivity contribution in [3.05, 3.63) is 36.5 Å². The molecule has 1 unspecified atom stereocenters. The molecule has 0 aliphatic heterocycles. The minimum atomic E-state index is -0.539. The Morgan fingerprint density at radius 1 is 0.407 bits per heavy atom. The minimum Gasteiger partial charge on any atom is -0.462 e. The van der Waals surface area contributed by atoms with Crippen molar-refractivity contribution < 1.29 is 23.8 Å². The predicted octanol–water partition coefficient (Wildman–Crippen LogP) is 15.4. The van der Waals surface area contributed by atoms with Gasteiger partial charge in [0.1, 0.15) is 6.61 Å². The van der Waals surface area contributed by atoms with Crippen LogP contribution in [0.2, 0.25) is 0 Å². The number of hydrogen-bond donors (Lipinski definition) is 0. The van der Waals surface area contributed by atoms with Gasteiger partial charge in [-0.1, -0.05) is 186 Å². The van der Waals surface area contributed by atoms with Gasteiger partial charge in [0, 0.05) is 19.4 Å². The van der Waals surface area contributed by atoms with Crippen LogP contribution in [0.25, 0.3) is 0 Å². The van der Waals surface area contributed by atoms with E-state index in [2.05, 4.69) is 57.2 Å². The first kappa shape index (κ1) is 52.1. The lowest BCUT2D eigenvalue weighted by molar-refractivity contribution is -0.163. The molecule has 0 spiro atoms. The molecule has 5 heteroatoms. The Bertz CT molecular complexity index is 862. The first-order valence-electron chi connectivity index (χ1n) is 23.5. The molecule has 0 saturated heterocycles. The molecule has 0 rings (SSSR count). The normalized spacial score (nSPS) is 12.4. The second kappa shape index (κ2) is 45.5. The molecule has 0 fully saturated rings. The lowest BCUT2D eigenvalue weighted by atomic mass is 10.1. The number of carbonyl (C=O) groups excluding carboxylic acids is 2. The average molecular weight is 759 g/mol. The molecule has 0 saturated carbocycles. The number of carbonyl (C=O) groups is 2. The summed E-state index contributed by atoms with van der Waals surface area (Å²) in [4.78, 5) is 25.2. The number of rotatable bonds is 43. The molecule has 0 aliphatic carbocycles. The van der Waals surface area contributed by atoms with Crippen LogP contribution in [-0.2, 0) is 23.8 Å². The van der Waals surface area contributed by atoms with Crippen molar-refractivity contribution in [2.75, 3.05) is 19.8 Å². The highest BCUT2D eigenvalue weighted by atomic mass is 16.6. The lowest BCUT2D eigenvalue weighted by Crippen LogP contribution is -2.30. The summed E-state index contributed by atoms with van der Waals surface area (Å²) in [5, 5.41) is 0. The van der Waals surface area contributed by atoms with Crippen LogP contribution >= 0.6 is 0 Å². The number of esters is 2. The Balaban J connectivity index is 4.25. The topological polar surface area (TPSA) is 61.8 Å². The van der Waals surface area contributed by atoms with Gasteiger partial charge in [0.2, 0.25) is 0 Å². The van der Waals surface area contributed by atoms with E-state index in [1.807, 2.05) is 0 Å². The van der Waals surface area contributed by atoms with Crippen LogP contribution in [0.1, 0.15) is 239 Å². The standard InChI is InChI=1S/C49H90O5/c1-4-7-10-13-16-19-22-24-25-27-28-30-33-36-39-42-48(50)53-46-47(45-52-44-41-38-35-32-21-18-15-12-9-6-3)54-49(51)43-40-37-34-31-29-26-23-20-17-14-11-8-5-2/h16,19-20,23-25,47H,4-15,17-18,21-22,26-46H2,1-3H3/b19-16-,23-20-,25-24-. The van der Waals surface area contributed by atoms with Crippen molar-refractivity contribution in [2.24, 2.45) is 0 Å². The molecule has 0 aromatic carbocycles. The molecule has 316 valence electrons. The van der Waals surface area contributed by atoms with E-state index in [9.17, 15) is 9.59 Å². The fraction of sp³-hybridized carbons (Fsp3) is 0.837. The van der Waals surface area contributed by atoms with E-state index >= 15 is 0 Å². The van der Waals surface area contributed by atoms with Gasteiger partial charge in [0.25, 0.3) is 0 Å². The van der Waals surface area contributed by atoms with E-state index in [1.165, 1.54) is 135 Å². The van der Waals surface area contributed by atoms with Crippen LogP contribution in [0.15, 0.2) is 36.5 Å². The number of unbranched alkanes of at least 4 members (excludes halogenated alkanes) is 26. The van der Waals surface area contributed by atoms with E-state index in [1.54, 1.807) is 0 Å². The smallest absolute Gasteiger partial charge is 0.306 e. The number of allylic oxidation sites excluding steroid dienone is 6. The number of ether oxygens (including phenoxy) is 3. The van der Waals surface area contributed by atoms with Crippen LogP contribution in [0.4, 0.5) is 0 Å². The Morgan fingerprint density at radius 3 is 1.30 bits per heavy atom. The Labute approximate surface area is 336 Å². The van der Waals surface area contributed by atoms with Gasteiger partial charge < -0.3 is 14.2 Å². The van der Waals surface area contributed by atoms with E-state index < -0.39 is 6.10 Å². The maximum Gasteiger partial charge on any atom is 0.306 e. The lowest BCUT2D eigenvalue weighted by Gasteiger charge is -2.18. The zero-order valence-corrected chi connectivity index (χ0v) is 36.2. The molecule has 1 atom stereocenters. The third kappa shape index (κ3) is 42.9. The quantitative estimate of drug-likeness (QED) is 0.0352. The van der Waals surface area contributed by atoms with E-state index in [0.717, 1.165) is 70.6 Å². The van der Waals surface area contributed by atoms with Crippen molar-refractivity contribution in [1.29, 1.82) is 0 Å². The predicted molar refractivity (Wildman–Crippen MR) is 233 cm³/mol. The first-order valence-corrected chi connectivity index (χ1v) is 23.5. The Hall–Kier alpha value is -1.88. The van der Waals surface area contributed by atoms with E-state index in [4.69, 9.17) is 14.2 Å². The second-order valence-electron chi connectivity index (χ2n) is 15.7. The van der Waals surface area contributed by atoms with Crippen molar-refractivity contribution in [2.45, 2.75) is 245 Å². The highest BCUT2D eigenvalue weighted by Crippen LogP contribution is 2.13. The summed E-state index contributed by atoms with van der Waals surface area (Å²) in [6.07, 6.45) is 52.8. The second-order valence-corrected chi connectivity index (χ2v) is 15.7. The van der Waals surface area contributed by atoms with Crippen LogP contribution in [-0.4, -0.2) is 37.9 Å². The van der Waals surface area contributed by atoms with Crippen molar-refractivity contribution in [3.63, 3.8) is 0 Å². The minimum absolute atomic E-state index is 0.0784. The largest absolute Gasteiger partial charge is 0.462 e. The van der Waals surface area contributed by atoms with Gasteiger partial charge in [-0.2, -0.15) is 0 Å². The fourth-order valence-corrected chi connectivity index (χ4v) is 6.59. The molecule has 5 nitrogen and oxygen atoms in total. The molecule has 0 N–H and O–H groups in total. The maximum atomic E-state index is 12.7. The van der Waals surface area contributed by atoms with Gasteiger partial charge in [0.15, 0.2) is 6.10 Å². The van der Waals surface area contributed by atoms with Crippen LogP contribution in [0.5, 0.6) is 0 Å². The van der Waals surface area contributed by atoms with Crippen molar-refractivity contribution in [3.8, 4) is 0 Å². The molecule has 0 radical (unpaired) electrons. The molecular weight excluding hydrogens is 669 g/mol. The molecule has 54 heavy (non-hydrogen) atoms. The molecule has 0 heterocycles. The summed E-state index contributed by atoms with van der Waals surface area (Å²) < 4.78 is 17.3. The molecule has 0 aliphatic rings. The molecule has 0 bridgehead atoms. The summed E-state index contributed by atoms with van der Waals surface area (Å²) in [6.45, 7) is 7.78. The summed E-state index contributed by atoms with van der Waals surface area (Å²) in [5.74, 6) is -0.416. The van der Waals surface area contributed by atoms with Gasteiger partial charge >= 0.3 is 11.9 Å². The molecule has 0 aromatic rings. The summed E-state index contributed by atoms with van der Waals surface area (Å²) in [6, 6.07) is 0. The zero-order valence-electron chi connectivity index (χ0n) is 36.2. The summed E-state index contributed by atoms with van der Waals surface area (Å²) in [7, 11) is 0. The van der Waals surface area contributed by atoms with Crippen molar-refractivity contribution in [1.82, 2.24) is 0 Å². The number of hydrogen-bond acceptors (Lipinski definition) is 5. The Kier molecular flexibility index (Phi) is 43.9. The highest BCUT2D eigenvalue weighted by molar-refractivity contribution is 5.70. The van der Waals surface area contributed by atoms with Gasteiger partial charge in [-0.05, 0) is 77.0 Å². The molecule has 0 amide bonds. The maximum absolute atomic E-state index is 12.7. The third-order valence-electron chi connectivity index (χ3n) is 10.1. The van der Waals surface area contributed by atoms with Gasteiger partial charge in [0.05, 0.1) is 6.61 Å².